The molecular weight excluding hydrogens is 330 g/mol. The van der Waals surface area contributed by atoms with Gasteiger partial charge in [0.2, 0.25) is 0 Å². The average molecular weight is 344 g/mol. The highest BCUT2D eigenvalue weighted by Gasteiger charge is 2.40. The van der Waals surface area contributed by atoms with Crippen molar-refractivity contribution in [1.82, 2.24) is 4.98 Å². The summed E-state index contributed by atoms with van der Waals surface area (Å²) in [5.74, 6) is -0.409. The number of hydrogen-bond acceptors (Lipinski definition) is 3. The lowest BCUT2D eigenvalue weighted by molar-refractivity contribution is 0.0955. The first-order valence-electron chi connectivity index (χ1n) is 5.66. The van der Waals surface area contributed by atoms with Crippen LogP contribution in [0.15, 0.2) is 28.9 Å². The van der Waals surface area contributed by atoms with E-state index in [1.54, 1.807) is 6.20 Å². The lowest BCUT2D eigenvalue weighted by atomic mass is 10.00. The maximum atomic E-state index is 12.5. The Labute approximate surface area is 120 Å². The molecule has 0 atom stereocenters. The Morgan fingerprint density at radius 2 is 1.95 bits per heavy atom. The maximum Gasteiger partial charge on any atom is 0.185 e. The highest BCUT2D eigenvalue weighted by molar-refractivity contribution is 9.10. The van der Waals surface area contributed by atoms with E-state index in [-0.39, 0.29) is 0 Å². The molecular formula is C13H14BrNO3S. The summed E-state index contributed by atoms with van der Waals surface area (Å²) in [5, 5.41) is 0.712. The lowest BCUT2D eigenvalue weighted by Crippen LogP contribution is -2.39. The molecule has 0 saturated carbocycles. The average Bonchev–Trinajstić information content (AvgIpc) is 2.71. The second kappa shape index (κ2) is 4.45. The van der Waals surface area contributed by atoms with Gasteiger partial charge >= 0.3 is 0 Å². The van der Waals surface area contributed by atoms with Gasteiger partial charge < -0.3 is 4.98 Å². The number of fused-ring (bicyclic) bond motifs is 1. The summed E-state index contributed by atoms with van der Waals surface area (Å²) in [7, 11) is -3.49. The number of aromatic nitrogens is 1. The van der Waals surface area contributed by atoms with Crippen molar-refractivity contribution in [3.63, 3.8) is 0 Å². The van der Waals surface area contributed by atoms with Crippen LogP contribution in [0.25, 0.3) is 10.9 Å². The molecule has 4 nitrogen and oxygen atoms in total. The van der Waals surface area contributed by atoms with E-state index in [1.165, 1.54) is 13.8 Å². The van der Waals surface area contributed by atoms with E-state index in [2.05, 4.69) is 20.9 Å². The summed E-state index contributed by atoms with van der Waals surface area (Å²) in [4.78, 5) is 15.5. The van der Waals surface area contributed by atoms with E-state index in [1.807, 2.05) is 18.2 Å². The Hall–Kier alpha value is -1.14. The molecule has 0 saturated heterocycles. The SMILES string of the molecule is CC(C)(C(=O)c1c[nH]c2cccc(Br)c12)S(C)(=O)=O. The second-order valence-corrected chi connectivity index (χ2v) is 8.40. The van der Waals surface area contributed by atoms with Gasteiger partial charge in [-0.3, -0.25) is 4.79 Å². The molecule has 102 valence electrons. The van der Waals surface area contributed by atoms with Gasteiger partial charge in [0.1, 0.15) is 4.75 Å². The Bertz CT molecular complexity index is 759. The van der Waals surface area contributed by atoms with Gasteiger partial charge in [0.25, 0.3) is 0 Å². The number of halogens is 1. The highest BCUT2D eigenvalue weighted by Crippen LogP contribution is 2.31. The number of carbonyl (C=O) groups excluding carboxylic acids is 1. The number of nitrogens with one attached hydrogen (secondary N) is 1. The van der Waals surface area contributed by atoms with Crippen LogP contribution in [0.5, 0.6) is 0 Å². The largest absolute Gasteiger partial charge is 0.360 e. The molecule has 0 fully saturated rings. The Balaban J connectivity index is 2.67. The van der Waals surface area contributed by atoms with Crippen LogP contribution in [0.3, 0.4) is 0 Å². The number of carbonyl (C=O) groups is 1. The van der Waals surface area contributed by atoms with E-state index in [4.69, 9.17) is 0 Å². The lowest BCUT2D eigenvalue weighted by Gasteiger charge is -2.20. The van der Waals surface area contributed by atoms with E-state index in [0.29, 0.717) is 10.9 Å². The Morgan fingerprint density at radius 1 is 1.32 bits per heavy atom. The second-order valence-electron chi connectivity index (χ2n) is 4.98. The molecule has 6 heteroatoms. The number of benzene rings is 1. The summed E-state index contributed by atoms with van der Waals surface area (Å²) in [5.41, 5.74) is 1.18. The predicted molar refractivity (Wildman–Crippen MR) is 79.3 cm³/mol. The molecule has 1 heterocycles. The summed E-state index contributed by atoms with van der Waals surface area (Å²) in [6.07, 6.45) is 2.64. The van der Waals surface area contributed by atoms with Gasteiger partial charge in [-0.15, -0.1) is 0 Å². The number of sulfone groups is 1. The fourth-order valence-corrected chi connectivity index (χ4v) is 2.84. The Kier molecular flexibility index (Phi) is 3.35. The van der Waals surface area contributed by atoms with Crippen LogP contribution in [0.1, 0.15) is 24.2 Å². The van der Waals surface area contributed by atoms with Gasteiger partial charge in [-0.25, -0.2) is 8.42 Å². The third-order valence-electron chi connectivity index (χ3n) is 3.37. The summed E-state index contributed by atoms with van der Waals surface area (Å²) < 4.78 is 22.9. The molecule has 1 aromatic heterocycles. The van der Waals surface area contributed by atoms with Gasteiger partial charge in [-0.1, -0.05) is 22.0 Å². The molecule has 2 rings (SSSR count). The molecule has 1 aromatic carbocycles. The molecule has 0 spiro atoms. The van der Waals surface area contributed by atoms with Crippen LogP contribution >= 0.6 is 15.9 Å². The number of aromatic amines is 1. The van der Waals surface area contributed by atoms with Crippen molar-refractivity contribution in [3.8, 4) is 0 Å². The summed E-state index contributed by atoms with van der Waals surface area (Å²) in [6, 6.07) is 5.50. The van der Waals surface area contributed by atoms with Crippen molar-refractivity contribution in [2.24, 2.45) is 0 Å². The van der Waals surface area contributed by atoms with E-state index < -0.39 is 20.4 Å². The minimum absolute atomic E-state index is 0.387. The maximum absolute atomic E-state index is 12.5. The molecule has 0 aliphatic heterocycles. The predicted octanol–water partition coefficient (Wildman–Crippen LogP) is 2.94. The monoisotopic (exact) mass is 343 g/mol. The van der Waals surface area contributed by atoms with Crippen molar-refractivity contribution in [2.75, 3.05) is 6.26 Å². The van der Waals surface area contributed by atoms with E-state index in [0.717, 1.165) is 16.2 Å². The molecule has 1 N–H and O–H groups in total. The quantitative estimate of drug-likeness (QED) is 0.871. The first-order chi connectivity index (χ1) is 8.66. The first kappa shape index (κ1) is 14.3. The van der Waals surface area contributed by atoms with Crippen LogP contribution in [0, 0.1) is 0 Å². The number of H-pyrrole nitrogens is 1. The van der Waals surface area contributed by atoms with Crippen molar-refractivity contribution >= 4 is 42.5 Å². The van der Waals surface area contributed by atoms with Crippen LogP contribution in [-0.4, -0.2) is 30.2 Å². The zero-order chi connectivity index (χ0) is 14.4. The summed E-state index contributed by atoms with van der Waals surface area (Å²) >= 11 is 3.39. The van der Waals surface area contributed by atoms with Crippen molar-refractivity contribution in [2.45, 2.75) is 18.6 Å². The smallest absolute Gasteiger partial charge is 0.185 e. The molecule has 0 amide bonds. The van der Waals surface area contributed by atoms with Gasteiger partial charge in [0.15, 0.2) is 15.6 Å². The van der Waals surface area contributed by atoms with Gasteiger partial charge in [0, 0.05) is 33.4 Å². The van der Waals surface area contributed by atoms with Crippen LogP contribution < -0.4 is 0 Å². The minimum Gasteiger partial charge on any atom is -0.360 e. The fourth-order valence-electron chi connectivity index (χ4n) is 1.81. The number of Topliss-reactive ketones (excluding diaryl/α,β-unsaturated/α-hetero) is 1. The number of ketones is 1. The molecule has 0 aliphatic rings. The topological polar surface area (TPSA) is 67.0 Å². The van der Waals surface area contributed by atoms with Gasteiger partial charge in [-0.2, -0.15) is 0 Å². The fraction of sp³-hybridized carbons (Fsp3) is 0.308. The number of rotatable bonds is 3. The standard InChI is InChI=1S/C13H14BrNO3S/c1-13(2,19(3,17)18)12(16)8-7-15-10-6-4-5-9(14)11(8)10/h4-7,15H,1-3H3. The van der Waals surface area contributed by atoms with Crippen molar-refractivity contribution in [1.29, 1.82) is 0 Å². The van der Waals surface area contributed by atoms with Crippen LogP contribution in [-0.2, 0) is 9.84 Å². The van der Waals surface area contributed by atoms with Crippen molar-refractivity contribution < 1.29 is 13.2 Å². The third kappa shape index (κ3) is 2.23. The molecule has 0 aliphatic carbocycles. The first-order valence-corrected chi connectivity index (χ1v) is 8.34. The van der Waals surface area contributed by atoms with E-state index in [9.17, 15) is 13.2 Å². The molecule has 19 heavy (non-hydrogen) atoms. The zero-order valence-corrected chi connectivity index (χ0v) is 13.2. The molecule has 0 unspecified atom stereocenters. The van der Waals surface area contributed by atoms with Gasteiger partial charge in [0.05, 0.1) is 0 Å². The van der Waals surface area contributed by atoms with E-state index >= 15 is 0 Å². The molecule has 0 radical (unpaired) electrons. The third-order valence-corrected chi connectivity index (χ3v) is 6.07. The highest BCUT2D eigenvalue weighted by atomic mass is 79.9. The minimum atomic E-state index is -3.49. The molecule has 2 aromatic rings. The van der Waals surface area contributed by atoms with Crippen LogP contribution in [0.2, 0.25) is 0 Å². The summed E-state index contributed by atoms with van der Waals surface area (Å²) in [6.45, 7) is 2.86. The van der Waals surface area contributed by atoms with Crippen LogP contribution in [0.4, 0.5) is 0 Å². The Morgan fingerprint density at radius 3 is 2.53 bits per heavy atom. The zero-order valence-electron chi connectivity index (χ0n) is 10.8. The molecule has 0 bridgehead atoms. The normalized spacial score (nSPS) is 12.8. The van der Waals surface area contributed by atoms with Gasteiger partial charge in [-0.05, 0) is 26.0 Å². The number of hydrogen-bond donors (Lipinski definition) is 1. The van der Waals surface area contributed by atoms with Crippen molar-refractivity contribution in [3.05, 3.63) is 34.4 Å².